The van der Waals surface area contributed by atoms with Gasteiger partial charge in [0.05, 0.1) is 34.1 Å². The highest BCUT2D eigenvalue weighted by Crippen LogP contribution is 2.35. The van der Waals surface area contributed by atoms with Crippen molar-refractivity contribution in [2.45, 2.75) is 12.6 Å². The number of hydrogen-bond donors (Lipinski definition) is 2. The number of carbonyl (C=O) groups is 1. The van der Waals surface area contributed by atoms with Gasteiger partial charge in [0.2, 0.25) is 5.95 Å². The number of benzene rings is 3. The molecule has 1 fully saturated rings. The molecule has 202 valence electrons. The van der Waals surface area contributed by atoms with Crippen molar-refractivity contribution in [3.63, 3.8) is 0 Å². The molecule has 3 aromatic carbocycles. The highest BCUT2D eigenvalue weighted by Gasteiger charge is 2.31. The summed E-state index contributed by atoms with van der Waals surface area (Å²) in [5.41, 5.74) is 3.14. The Hall–Kier alpha value is -3.92. The summed E-state index contributed by atoms with van der Waals surface area (Å²) in [6.45, 7) is 1.33. The molecule has 0 saturated carbocycles. The summed E-state index contributed by atoms with van der Waals surface area (Å²) in [5.74, 6) is -1.34. The van der Waals surface area contributed by atoms with Crippen molar-refractivity contribution in [1.82, 2.24) is 20.2 Å². The Bertz CT molecular complexity index is 1670. The Morgan fingerprint density at radius 3 is 2.55 bits per heavy atom. The maximum Gasteiger partial charge on any atom is 0.255 e. The van der Waals surface area contributed by atoms with Gasteiger partial charge in [-0.25, -0.2) is 18.7 Å². The number of hydrogen-bond acceptors (Lipinski definition) is 6. The zero-order valence-electron chi connectivity index (χ0n) is 21.2. The van der Waals surface area contributed by atoms with Crippen LogP contribution in [0.1, 0.15) is 27.0 Å². The van der Waals surface area contributed by atoms with Crippen LogP contribution in [0.4, 0.5) is 20.4 Å². The smallest absolute Gasteiger partial charge is 0.255 e. The van der Waals surface area contributed by atoms with Gasteiger partial charge in [-0.1, -0.05) is 35.3 Å². The third-order valence-corrected chi connectivity index (χ3v) is 7.56. The minimum absolute atomic E-state index is 0.105. The Morgan fingerprint density at radius 2 is 1.80 bits per heavy atom. The van der Waals surface area contributed by atoms with Crippen LogP contribution in [0.25, 0.3) is 11.3 Å². The number of amides is 1. The molecule has 0 bridgehead atoms. The lowest BCUT2D eigenvalue weighted by Crippen LogP contribution is -2.58. The minimum Gasteiger partial charge on any atom is -0.335 e. The molecule has 2 aliphatic heterocycles. The molecule has 1 aromatic heterocycles. The molecular formula is C29H22Cl2F2N6O. The molecule has 0 radical (unpaired) electrons. The fourth-order valence-corrected chi connectivity index (χ4v) is 5.19. The van der Waals surface area contributed by atoms with Gasteiger partial charge in [-0.2, -0.15) is 0 Å². The number of fused-ring (bicyclic) bond motifs is 3. The van der Waals surface area contributed by atoms with Gasteiger partial charge in [0, 0.05) is 52.7 Å². The van der Waals surface area contributed by atoms with Crippen LogP contribution >= 0.6 is 23.2 Å². The average Bonchev–Trinajstić information content (AvgIpc) is 3.05. The number of aromatic nitrogens is 2. The first-order chi connectivity index (χ1) is 19.3. The SMILES string of the molecule is CNC1CN(C(=O)c2cc(Nc3ncc4c(n3)-c3ccc(Cl)cc3C(c3c(F)cccc3F)=NC4)ccc2Cl)C1. The zero-order chi connectivity index (χ0) is 28.0. The average molecular weight is 579 g/mol. The van der Waals surface area contributed by atoms with Crippen LogP contribution in [0.15, 0.2) is 65.8 Å². The molecule has 0 spiro atoms. The maximum atomic E-state index is 14.8. The third-order valence-electron chi connectivity index (χ3n) is 6.99. The van der Waals surface area contributed by atoms with E-state index in [1.165, 1.54) is 18.2 Å². The molecule has 6 rings (SSSR count). The van der Waals surface area contributed by atoms with E-state index in [1.54, 1.807) is 47.5 Å². The van der Waals surface area contributed by atoms with Crippen LogP contribution in [0.3, 0.4) is 0 Å². The fraction of sp³-hybridized carbons (Fsp3) is 0.172. The Kier molecular flexibility index (Phi) is 6.95. The summed E-state index contributed by atoms with van der Waals surface area (Å²) in [5, 5.41) is 7.03. The maximum absolute atomic E-state index is 14.8. The molecule has 2 aliphatic rings. The Labute approximate surface area is 238 Å². The second-order valence-electron chi connectivity index (χ2n) is 9.53. The number of anilines is 2. The van der Waals surface area contributed by atoms with E-state index in [4.69, 9.17) is 28.2 Å². The van der Waals surface area contributed by atoms with Crippen LogP contribution in [0, 0.1) is 11.6 Å². The van der Waals surface area contributed by atoms with Crippen molar-refractivity contribution >= 4 is 46.5 Å². The predicted octanol–water partition coefficient (Wildman–Crippen LogP) is 5.87. The molecular weight excluding hydrogens is 557 g/mol. The van der Waals surface area contributed by atoms with Gasteiger partial charge in [-0.3, -0.25) is 9.79 Å². The number of nitrogens with one attached hydrogen (secondary N) is 2. The van der Waals surface area contributed by atoms with Gasteiger partial charge in [-0.05, 0) is 49.5 Å². The van der Waals surface area contributed by atoms with Gasteiger partial charge in [0.1, 0.15) is 11.6 Å². The zero-order valence-corrected chi connectivity index (χ0v) is 22.7. The van der Waals surface area contributed by atoms with E-state index in [0.29, 0.717) is 56.8 Å². The number of likely N-dealkylation sites (N-methyl/N-ethyl adjacent to an activating group) is 1. The van der Waals surface area contributed by atoms with E-state index in [1.807, 2.05) is 7.05 Å². The number of likely N-dealkylation sites (tertiary alicyclic amines) is 1. The van der Waals surface area contributed by atoms with Crippen molar-refractivity contribution in [1.29, 1.82) is 0 Å². The summed E-state index contributed by atoms with van der Waals surface area (Å²) < 4.78 is 29.6. The van der Waals surface area contributed by atoms with Gasteiger partial charge >= 0.3 is 0 Å². The van der Waals surface area contributed by atoms with Crippen molar-refractivity contribution in [3.05, 3.63) is 105 Å². The monoisotopic (exact) mass is 578 g/mol. The second-order valence-corrected chi connectivity index (χ2v) is 10.4. The minimum atomic E-state index is -0.725. The first-order valence-electron chi connectivity index (χ1n) is 12.5. The van der Waals surface area contributed by atoms with Crippen LogP contribution in [0.2, 0.25) is 10.0 Å². The highest BCUT2D eigenvalue weighted by atomic mass is 35.5. The highest BCUT2D eigenvalue weighted by molar-refractivity contribution is 6.34. The van der Waals surface area contributed by atoms with E-state index in [0.717, 1.165) is 0 Å². The molecule has 0 atom stereocenters. The van der Waals surface area contributed by atoms with E-state index in [2.05, 4.69) is 20.6 Å². The standard InChI is InChI=1S/C29H22Cl2F2N6O/c1-34-18-13-39(14-18)28(40)21-10-17(6-8-22(21)31)37-29-36-12-15-11-35-27(25-23(32)3-2-4-24(25)33)20-9-16(30)5-7-19(20)26(15)38-29/h2-10,12,18,34H,11,13-14H2,1H3,(H,36,37,38). The number of carbonyl (C=O) groups excluding carboxylic acids is 1. The lowest BCUT2D eigenvalue weighted by molar-refractivity contribution is 0.0577. The molecule has 0 aliphatic carbocycles. The molecule has 4 aromatic rings. The van der Waals surface area contributed by atoms with Gasteiger partial charge in [0.25, 0.3) is 5.91 Å². The molecule has 3 heterocycles. The van der Waals surface area contributed by atoms with E-state index >= 15 is 0 Å². The molecule has 1 saturated heterocycles. The predicted molar refractivity (Wildman–Crippen MR) is 152 cm³/mol. The Balaban J connectivity index is 1.35. The normalized spacial score (nSPS) is 14.5. The summed E-state index contributed by atoms with van der Waals surface area (Å²) in [7, 11) is 1.86. The largest absolute Gasteiger partial charge is 0.335 e. The molecule has 11 heteroatoms. The first kappa shape index (κ1) is 26.3. The number of halogens is 4. The van der Waals surface area contributed by atoms with Gasteiger partial charge in [0.15, 0.2) is 0 Å². The van der Waals surface area contributed by atoms with Crippen molar-refractivity contribution in [2.24, 2.45) is 4.99 Å². The van der Waals surface area contributed by atoms with E-state index < -0.39 is 11.6 Å². The molecule has 7 nitrogen and oxygen atoms in total. The quantitative estimate of drug-likeness (QED) is 0.309. The number of nitrogens with zero attached hydrogens (tertiary/aromatic N) is 4. The molecule has 1 amide bonds. The molecule has 40 heavy (non-hydrogen) atoms. The van der Waals surface area contributed by atoms with Gasteiger partial charge in [-0.15, -0.1) is 0 Å². The van der Waals surface area contributed by atoms with Crippen molar-refractivity contribution < 1.29 is 13.6 Å². The Morgan fingerprint density at radius 1 is 1.02 bits per heavy atom. The summed E-state index contributed by atoms with van der Waals surface area (Å²) in [6, 6.07) is 14.1. The van der Waals surface area contributed by atoms with Crippen LogP contribution in [-0.2, 0) is 6.54 Å². The number of rotatable bonds is 5. The fourth-order valence-electron chi connectivity index (χ4n) is 4.82. The molecule has 2 N–H and O–H groups in total. The van der Waals surface area contributed by atoms with Crippen molar-refractivity contribution in [2.75, 3.05) is 25.5 Å². The second kappa shape index (κ2) is 10.6. The number of aliphatic imine (C=N–C) groups is 1. The van der Waals surface area contributed by atoms with E-state index in [9.17, 15) is 13.6 Å². The summed E-state index contributed by atoms with van der Waals surface area (Å²) >= 11 is 12.7. The lowest BCUT2D eigenvalue weighted by atomic mass is 9.95. The topological polar surface area (TPSA) is 82.5 Å². The van der Waals surface area contributed by atoms with Crippen LogP contribution in [-0.4, -0.2) is 52.7 Å². The molecule has 0 unspecified atom stereocenters. The lowest BCUT2D eigenvalue weighted by Gasteiger charge is -2.39. The van der Waals surface area contributed by atoms with E-state index in [-0.39, 0.29) is 35.7 Å². The summed E-state index contributed by atoms with van der Waals surface area (Å²) in [4.78, 5) is 28.4. The van der Waals surface area contributed by atoms with Crippen LogP contribution < -0.4 is 10.6 Å². The third kappa shape index (κ3) is 4.81. The van der Waals surface area contributed by atoms with Crippen LogP contribution in [0.5, 0.6) is 0 Å². The van der Waals surface area contributed by atoms with Gasteiger partial charge < -0.3 is 15.5 Å². The summed E-state index contributed by atoms with van der Waals surface area (Å²) in [6.07, 6.45) is 1.62. The first-order valence-corrected chi connectivity index (χ1v) is 13.3. The van der Waals surface area contributed by atoms with Crippen molar-refractivity contribution in [3.8, 4) is 11.3 Å².